The highest BCUT2D eigenvalue weighted by Crippen LogP contribution is 2.32. The monoisotopic (exact) mass is 400 g/mol. The van der Waals surface area contributed by atoms with Gasteiger partial charge >= 0.3 is 0 Å². The number of benzene rings is 2. The van der Waals surface area contributed by atoms with E-state index in [-0.39, 0.29) is 5.69 Å². The summed E-state index contributed by atoms with van der Waals surface area (Å²) in [4.78, 5) is 26.1. The zero-order chi connectivity index (χ0) is 21.1. The quantitative estimate of drug-likeness (QED) is 0.384. The minimum Gasteiger partial charge on any atom is -0.497 e. The van der Waals surface area contributed by atoms with E-state index >= 15 is 0 Å². The summed E-state index contributed by atoms with van der Waals surface area (Å²) in [7, 11) is 3.14. The number of nitrogens with zero attached hydrogens (tertiary/aromatic N) is 1. The number of amides is 1. The van der Waals surface area contributed by atoms with Crippen molar-refractivity contribution in [2.45, 2.75) is 0 Å². The second-order valence-corrected chi connectivity index (χ2v) is 6.62. The molecule has 1 amide bonds. The summed E-state index contributed by atoms with van der Waals surface area (Å²) in [5, 5.41) is 2.66. The molecule has 30 heavy (non-hydrogen) atoms. The Balaban J connectivity index is 1.77. The summed E-state index contributed by atoms with van der Waals surface area (Å²) >= 11 is 0. The average Bonchev–Trinajstić information content (AvgIpc) is 3.19. The number of hydrogen-bond donors (Lipinski definition) is 1. The van der Waals surface area contributed by atoms with Crippen LogP contribution in [0.15, 0.2) is 79.0 Å². The highest BCUT2D eigenvalue weighted by molar-refractivity contribution is 6.47. The molecule has 1 N–H and O–H groups in total. The van der Waals surface area contributed by atoms with Crippen LogP contribution in [0.4, 0.5) is 5.69 Å². The zero-order valence-electron chi connectivity index (χ0n) is 16.6. The smallest absolute Gasteiger partial charge is 0.298 e. The lowest BCUT2D eigenvalue weighted by atomic mass is 10.0. The molecule has 0 aliphatic heterocycles. The van der Waals surface area contributed by atoms with Crippen LogP contribution >= 0.6 is 0 Å². The van der Waals surface area contributed by atoms with E-state index in [9.17, 15) is 9.59 Å². The van der Waals surface area contributed by atoms with Gasteiger partial charge in [0.25, 0.3) is 11.7 Å². The van der Waals surface area contributed by atoms with E-state index in [2.05, 4.69) is 5.32 Å². The number of ether oxygens (including phenoxy) is 2. The van der Waals surface area contributed by atoms with Gasteiger partial charge in [-0.2, -0.15) is 0 Å². The van der Waals surface area contributed by atoms with Gasteiger partial charge in [0.2, 0.25) is 0 Å². The van der Waals surface area contributed by atoms with Gasteiger partial charge in [0.1, 0.15) is 17.2 Å². The molecule has 0 bridgehead atoms. The van der Waals surface area contributed by atoms with Crippen molar-refractivity contribution in [2.75, 3.05) is 19.5 Å². The maximum absolute atomic E-state index is 13.2. The van der Waals surface area contributed by atoms with E-state index in [4.69, 9.17) is 9.47 Å². The van der Waals surface area contributed by atoms with Crippen LogP contribution in [-0.2, 0) is 4.79 Å². The van der Waals surface area contributed by atoms with Crippen molar-refractivity contribution in [1.82, 2.24) is 4.40 Å². The van der Waals surface area contributed by atoms with E-state index in [1.807, 2.05) is 42.5 Å². The van der Waals surface area contributed by atoms with Crippen LogP contribution in [0.25, 0.3) is 16.6 Å². The Morgan fingerprint density at radius 2 is 1.60 bits per heavy atom. The van der Waals surface area contributed by atoms with Crippen molar-refractivity contribution in [1.29, 1.82) is 0 Å². The normalized spacial score (nSPS) is 10.6. The first-order valence-electron chi connectivity index (χ1n) is 9.35. The molecular formula is C24H20N2O4. The van der Waals surface area contributed by atoms with Gasteiger partial charge in [0.05, 0.1) is 19.7 Å². The van der Waals surface area contributed by atoms with Gasteiger partial charge in [0.15, 0.2) is 0 Å². The molecule has 2 aromatic heterocycles. The molecule has 0 spiro atoms. The number of nitrogens with one attached hydrogen (secondary N) is 1. The van der Waals surface area contributed by atoms with Crippen LogP contribution in [0.5, 0.6) is 11.5 Å². The molecule has 2 heterocycles. The van der Waals surface area contributed by atoms with Crippen molar-refractivity contribution in [3.05, 3.63) is 84.7 Å². The van der Waals surface area contributed by atoms with Crippen molar-refractivity contribution < 1.29 is 19.1 Å². The number of pyridine rings is 1. The molecule has 6 nitrogen and oxygen atoms in total. The Bertz CT molecular complexity index is 1210. The summed E-state index contributed by atoms with van der Waals surface area (Å²) in [5.41, 5.74) is 2.99. The minimum atomic E-state index is -0.722. The number of fused-ring (bicyclic) bond motifs is 1. The lowest BCUT2D eigenvalue weighted by Crippen LogP contribution is -2.24. The molecule has 0 unspecified atom stereocenters. The number of rotatable bonds is 6. The van der Waals surface area contributed by atoms with Gasteiger partial charge in [-0.1, -0.05) is 30.3 Å². The highest BCUT2D eigenvalue weighted by Gasteiger charge is 2.25. The summed E-state index contributed by atoms with van der Waals surface area (Å²) in [6, 6.07) is 21.7. The third kappa shape index (κ3) is 3.51. The summed E-state index contributed by atoms with van der Waals surface area (Å²) in [6.45, 7) is 0. The molecule has 150 valence electrons. The molecule has 0 fully saturated rings. The predicted octanol–water partition coefficient (Wildman–Crippen LogP) is 4.44. The Labute approximate surface area is 173 Å². The van der Waals surface area contributed by atoms with Gasteiger partial charge in [-0.3, -0.25) is 9.59 Å². The van der Waals surface area contributed by atoms with Crippen LogP contribution in [0.1, 0.15) is 10.5 Å². The number of aromatic nitrogens is 1. The third-order valence-corrected chi connectivity index (χ3v) is 4.85. The first-order valence-corrected chi connectivity index (χ1v) is 9.35. The van der Waals surface area contributed by atoms with Crippen molar-refractivity contribution >= 4 is 22.9 Å². The second-order valence-electron chi connectivity index (χ2n) is 6.62. The predicted molar refractivity (Wildman–Crippen MR) is 115 cm³/mol. The number of hydrogen-bond acceptors (Lipinski definition) is 4. The largest absolute Gasteiger partial charge is 0.497 e. The van der Waals surface area contributed by atoms with Crippen LogP contribution in [-0.4, -0.2) is 30.3 Å². The Morgan fingerprint density at radius 3 is 2.27 bits per heavy atom. The molecule has 4 aromatic rings. The Morgan fingerprint density at radius 1 is 0.867 bits per heavy atom. The van der Waals surface area contributed by atoms with Crippen molar-refractivity contribution in [3.8, 4) is 22.6 Å². The average molecular weight is 400 g/mol. The summed E-state index contributed by atoms with van der Waals surface area (Å²) in [5.74, 6) is -0.0854. The minimum absolute atomic E-state index is 0.279. The number of carbonyl (C=O) groups excluding carboxylic acids is 2. The van der Waals surface area contributed by atoms with Gasteiger partial charge in [-0.25, -0.2) is 0 Å². The maximum Gasteiger partial charge on any atom is 0.298 e. The first kappa shape index (κ1) is 19.3. The highest BCUT2D eigenvalue weighted by atomic mass is 16.5. The Kier molecular flexibility index (Phi) is 5.22. The van der Waals surface area contributed by atoms with Gasteiger partial charge in [-0.15, -0.1) is 0 Å². The lowest BCUT2D eigenvalue weighted by molar-refractivity contribution is -0.112. The fraction of sp³-hybridized carbons (Fsp3) is 0.0833. The summed E-state index contributed by atoms with van der Waals surface area (Å²) in [6.07, 6.45) is 1.75. The van der Waals surface area contributed by atoms with Gasteiger partial charge in [-0.05, 0) is 48.0 Å². The topological polar surface area (TPSA) is 69.0 Å². The number of carbonyl (C=O) groups is 2. The molecule has 2 aromatic carbocycles. The van der Waals surface area contributed by atoms with E-state index in [1.165, 1.54) is 0 Å². The van der Waals surface area contributed by atoms with Crippen LogP contribution in [0, 0.1) is 0 Å². The second kappa shape index (κ2) is 8.13. The van der Waals surface area contributed by atoms with E-state index in [0.29, 0.717) is 28.3 Å². The summed E-state index contributed by atoms with van der Waals surface area (Å²) < 4.78 is 12.3. The molecule has 0 saturated carbocycles. The van der Waals surface area contributed by atoms with Crippen LogP contribution < -0.4 is 14.8 Å². The molecule has 6 heteroatoms. The fourth-order valence-corrected chi connectivity index (χ4v) is 3.38. The molecular weight excluding hydrogens is 380 g/mol. The third-order valence-electron chi connectivity index (χ3n) is 4.85. The molecule has 0 atom stereocenters. The zero-order valence-corrected chi connectivity index (χ0v) is 16.6. The van der Waals surface area contributed by atoms with Gasteiger partial charge in [0, 0.05) is 17.4 Å². The lowest BCUT2D eigenvalue weighted by Gasteiger charge is -2.09. The van der Waals surface area contributed by atoms with Crippen LogP contribution in [0.3, 0.4) is 0 Å². The SMILES string of the molecule is COc1ccc(NC(=O)C(=O)c2c(-c3ccccc3)cc3c(OC)cccn23)cc1. The van der Waals surface area contributed by atoms with Gasteiger partial charge < -0.3 is 19.2 Å². The van der Waals surface area contributed by atoms with Crippen LogP contribution in [0.2, 0.25) is 0 Å². The number of Topliss-reactive ketones (excluding diaryl/α,β-unsaturated/α-hetero) is 1. The molecule has 0 aliphatic carbocycles. The number of methoxy groups -OCH3 is 2. The first-order chi connectivity index (χ1) is 14.6. The maximum atomic E-state index is 13.2. The van der Waals surface area contributed by atoms with E-state index in [1.54, 1.807) is 55.1 Å². The molecule has 0 aliphatic rings. The molecule has 4 rings (SSSR count). The van der Waals surface area contributed by atoms with E-state index in [0.717, 1.165) is 5.56 Å². The van der Waals surface area contributed by atoms with Crippen molar-refractivity contribution in [2.24, 2.45) is 0 Å². The Hall–Kier alpha value is -4.06. The molecule has 0 saturated heterocycles. The molecule has 0 radical (unpaired) electrons. The number of ketones is 1. The number of anilines is 1. The van der Waals surface area contributed by atoms with Crippen molar-refractivity contribution in [3.63, 3.8) is 0 Å². The fourth-order valence-electron chi connectivity index (χ4n) is 3.38. The van der Waals surface area contributed by atoms with E-state index < -0.39 is 11.7 Å². The standard InChI is InChI=1S/C24H20N2O4/c1-29-18-12-10-17(11-13-18)25-24(28)23(27)22-19(16-7-4-3-5-8-16)15-20-21(30-2)9-6-14-26(20)22/h3-15H,1-2H3,(H,25,28).